The highest BCUT2D eigenvalue weighted by Crippen LogP contribution is 2.32. The van der Waals surface area contributed by atoms with E-state index < -0.39 is 12.0 Å². The van der Waals surface area contributed by atoms with E-state index in [4.69, 9.17) is 5.11 Å². The quantitative estimate of drug-likeness (QED) is 0.735. The molecule has 6 heteroatoms. The van der Waals surface area contributed by atoms with Crippen molar-refractivity contribution in [1.29, 1.82) is 0 Å². The molecule has 0 spiro atoms. The molecular formula is C8H11N3O2S. The summed E-state index contributed by atoms with van der Waals surface area (Å²) in [6, 6.07) is 1.45. The normalized spacial score (nSPS) is 26.6. The highest BCUT2D eigenvalue weighted by atomic mass is 32.2. The molecule has 1 saturated heterocycles. The van der Waals surface area contributed by atoms with E-state index in [1.807, 2.05) is 13.1 Å². The van der Waals surface area contributed by atoms with Gasteiger partial charge < -0.3 is 5.11 Å². The van der Waals surface area contributed by atoms with Crippen LogP contribution >= 0.6 is 11.8 Å². The number of aliphatic carboxylic acids is 1. The summed E-state index contributed by atoms with van der Waals surface area (Å²) in [7, 11) is 1.85. The second-order valence-electron chi connectivity index (χ2n) is 3.15. The van der Waals surface area contributed by atoms with Gasteiger partial charge in [-0.25, -0.2) is 0 Å². The number of nitrogens with one attached hydrogen (secondary N) is 1. The number of aromatic nitrogens is 2. The van der Waals surface area contributed by atoms with Gasteiger partial charge in [0.1, 0.15) is 6.04 Å². The zero-order chi connectivity index (χ0) is 10.1. The fraction of sp³-hybridized carbons (Fsp3) is 0.500. The molecule has 0 aromatic carbocycles. The monoisotopic (exact) mass is 213 g/mol. The van der Waals surface area contributed by atoms with Crippen molar-refractivity contribution >= 4 is 17.7 Å². The van der Waals surface area contributed by atoms with Crippen molar-refractivity contribution in [3.8, 4) is 0 Å². The Morgan fingerprint density at radius 1 is 1.86 bits per heavy atom. The van der Waals surface area contributed by atoms with Crippen LogP contribution in [-0.2, 0) is 11.8 Å². The fourth-order valence-electron chi connectivity index (χ4n) is 1.43. The van der Waals surface area contributed by atoms with Gasteiger partial charge in [0.2, 0.25) is 0 Å². The first-order valence-electron chi connectivity index (χ1n) is 4.27. The van der Waals surface area contributed by atoms with Crippen LogP contribution in [0.3, 0.4) is 0 Å². The largest absolute Gasteiger partial charge is 0.480 e. The van der Waals surface area contributed by atoms with Gasteiger partial charge in [-0.1, -0.05) is 0 Å². The number of hydrogen-bond acceptors (Lipinski definition) is 4. The average molecular weight is 213 g/mol. The van der Waals surface area contributed by atoms with E-state index in [2.05, 4.69) is 10.4 Å². The summed E-state index contributed by atoms with van der Waals surface area (Å²) in [5.74, 6) is -0.187. The van der Waals surface area contributed by atoms with Gasteiger partial charge in [-0.3, -0.25) is 14.8 Å². The summed E-state index contributed by atoms with van der Waals surface area (Å²) < 4.78 is 1.76. The summed E-state index contributed by atoms with van der Waals surface area (Å²) in [4.78, 5) is 10.7. The summed E-state index contributed by atoms with van der Waals surface area (Å²) in [6.45, 7) is 0. The van der Waals surface area contributed by atoms with E-state index in [0.29, 0.717) is 5.75 Å². The van der Waals surface area contributed by atoms with Crippen LogP contribution in [0.15, 0.2) is 12.3 Å². The van der Waals surface area contributed by atoms with Crippen molar-refractivity contribution < 1.29 is 9.90 Å². The molecule has 2 atom stereocenters. The number of nitrogens with zero attached hydrogens (tertiary/aromatic N) is 2. The first kappa shape index (κ1) is 9.54. The molecule has 1 aromatic rings. The van der Waals surface area contributed by atoms with Crippen LogP contribution in [0, 0.1) is 0 Å². The van der Waals surface area contributed by atoms with Gasteiger partial charge >= 0.3 is 5.97 Å². The number of hydrogen-bond donors (Lipinski definition) is 2. The van der Waals surface area contributed by atoms with Crippen molar-refractivity contribution in [2.24, 2.45) is 7.05 Å². The smallest absolute Gasteiger partial charge is 0.321 e. The molecule has 2 heterocycles. The minimum atomic E-state index is -0.790. The Kier molecular flexibility index (Phi) is 2.47. The van der Waals surface area contributed by atoms with E-state index in [9.17, 15) is 4.79 Å². The summed E-state index contributed by atoms with van der Waals surface area (Å²) in [5.41, 5.74) is 1.01. The number of carboxylic acid groups (broad SMARTS) is 1. The van der Waals surface area contributed by atoms with Crippen LogP contribution in [0.2, 0.25) is 0 Å². The van der Waals surface area contributed by atoms with Gasteiger partial charge in [0.15, 0.2) is 0 Å². The molecule has 14 heavy (non-hydrogen) atoms. The maximum absolute atomic E-state index is 10.7. The van der Waals surface area contributed by atoms with Crippen LogP contribution in [-0.4, -0.2) is 32.7 Å². The Balaban J connectivity index is 2.10. The lowest BCUT2D eigenvalue weighted by Gasteiger charge is -2.10. The van der Waals surface area contributed by atoms with E-state index in [1.165, 1.54) is 0 Å². The Morgan fingerprint density at radius 2 is 2.64 bits per heavy atom. The van der Waals surface area contributed by atoms with E-state index in [-0.39, 0.29) is 5.37 Å². The lowest BCUT2D eigenvalue weighted by Crippen LogP contribution is -2.34. The molecular weight excluding hydrogens is 202 g/mol. The lowest BCUT2D eigenvalue weighted by atomic mass is 10.3. The Morgan fingerprint density at radius 3 is 3.14 bits per heavy atom. The summed E-state index contributed by atoms with van der Waals surface area (Å²) in [5, 5.41) is 15.9. The highest BCUT2D eigenvalue weighted by Gasteiger charge is 2.31. The SMILES string of the molecule is Cn1nccc1C1N[C@H](C(=O)O)CS1. The molecule has 0 amide bonds. The van der Waals surface area contributed by atoms with Gasteiger partial charge in [0, 0.05) is 19.0 Å². The van der Waals surface area contributed by atoms with E-state index in [0.717, 1.165) is 5.69 Å². The molecule has 5 nitrogen and oxygen atoms in total. The topological polar surface area (TPSA) is 67.2 Å². The number of carboxylic acids is 1. The van der Waals surface area contributed by atoms with E-state index >= 15 is 0 Å². The Labute approximate surface area is 85.5 Å². The van der Waals surface area contributed by atoms with Crippen molar-refractivity contribution in [2.45, 2.75) is 11.4 Å². The highest BCUT2D eigenvalue weighted by molar-refractivity contribution is 7.99. The van der Waals surface area contributed by atoms with Gasteiger partial charge in [0.05, 0.1) is 11.1 Å². The number of thioether (sulfide) groups is 1. The van der Waals surface area contributed by atoms with Crippen LogP contribution in [0.1, 0.15) is 11.1 Å². The second kappa shape index (κ2) is 3.62. The van der Waals surface area contributed by atoms with Crippen molar-refractivity contribution in [3.63, 3.8) is 0 Å². The molecule has 0 radical (unpaired) electrons. The van der Waals surface area contributed by atoms with Crippen molar-refractivity contribution in [2.75, 3.05) is 5.75 Å². The summed E-state index contributed by atoms with van der Waals surface area (Å²) >= 11 is 1.60. The molecule has 1 aliphatic heterocycles. The van der Waals surface area contributed by atoms with Gasteiger partial charge in [-0.15, -0.1) is 11.8 Å². The number of aryl methyl sites for hydroxylation is 1. The Bertz CT molecular complexity index is 352. The lowest BCUT2D eigenvalue weighted by molar-refractivity contribution is -0.138. The summed E-state index contributed by atoms with van der Waals surface area (Å²) in [6.07, 6.45) is 1.71. The predicted octanol–water partition coefficient (Wildman–Crippen LogP) is 0.208. The van der Waals surface area contributed by atoms with Crippen LogP contribution in [0.5, 0.6) is 0 Å². The molecule has 1 aliphatic rings. The van der Waals surface area contributed by atoms with Gasteiger partial charge in [0.25, 0.3) is 0 Å². The van der Waals surface area contributed by atoms with Crippen LogP contribution < -0.4 is 5.32 Å². The third-order valence-electron chi connectivity index (χ3n) is 2.21. The minimum Gasteiger partial charge on any atom is -0.480 e. The molecule has 0 saturated carbocycles. The predicted molar refractivity (Wildman–Crippen MR) is 53.0 cm³/mol. The van der Waals surface area contributed by atoms with Crippen molar-refractivity contribution in [1.82, 2.24) is 15.1 Å². The standard InChI is InChI=1S/C8H11N3O2S/c1-11-6(2-3-9-11)7-10-5(4-14-7)8(12)13/h2-3,5,7,10H,4H2,1H3,(H,12,13)/t5-,7?/m0/s1. The molecule has 76 valence electrons. The maximum Gasteiger partial charge on any atom is 0.321 e. The molecule has 1 aromatic heterocycles. The third kappa shape index (κ3) is 1.62. The van der Waals surface area contributed by atoms with Crippen LogP contribution in [0.25, 0.3) is 0 Å². The maximum atomic E-state index is 10.7. The van der Waals surface area contributed by atoms with E-state index in [1.54, 1.807) is 22.6 Å². The molecule has 0 aliphatic carbocycles. The number of rotatable bonds is 2. The fourth-order valence-corrected chi connectivity index (χ4v) is 2.71. The zero-order valence-corrected chi connectivity index (χ0v) is 8.49. The minimum absolute atomic E-state index is 0.0450. The van der Waals surface area contributed by atoms with Gasteiger partial charge in [-0.05, 0) is 6.07 Å². The van der Waals surface area contributed by atoms with Crippen LogP contribution in [0.4, 0.5) is 0 Å². The molecule has 1 unspecified atom stereocenters. The molecule has 0 bridgehead atoms. The molecule has 2 rings (SSSR count). The Hall–Kier alpha value is -1.01. The first-order chi connectivity index (χ1) is 6.68. The third-order valence-corrected chi connectivity index (χ3v) is 3.44. The first-order valence-corrected chi connectivity index (χ1v) is 5.31. The molecule has 2 N–H and O–H groups in total. The number of carbonyl (C=O) groups is 1. The van der Waals surface area contributed by atoms with Crippen molar-refractivity contribution in [3.05, 3.63) is 18.0 Å². The average Bonchev–Trinajstić information content (AvgIpc) is 2.71. The second-order valence-corrected chi connectivity index (χ2v) is 4.29. The molecule has 1 fully saturated rings. The zero-order valence-electron chi connectivity index (χ0n) is 7.67. The van der Waals surface area contributed by atoms with Gasteiger partial charge in [-0.2, -0.15) is 5.10 Å².